The van der Waals surface area contributed by atoms with Crippen LogP contribution >= 0.6 is 0 Å². The lowest BCUT2D eigenvalue weighted by Gasteiger charge is -2.31. The summed E-state index contributed by atoms with van der Waals surface area (Å²) < 4.78 is 10.7. The smallest absolute Gasteiger partial charge is 0.338 e. The quantitative estimate of drug-likeness (QED) is 0.551. The molecule has 1 N–H and O–H groups in total. The SMILES string of the molecule is COc1ccc(/C=C2\CCC[C@@H]3C2=NN(C(=O)NC2CCCCC2)[C@@H]3c2ccc(OC)cc2)cc1. The molecular weight excluding hydrogens is 438 g/mol. The number of hydrazone groups is 1. The first kappa shape index (κ1) is 23.5. The Balaban J connectivity index is 1.47. The number of hydrogen-bond acceptors (Lipinski definition) is 4. The molecule has 2 atom stereocenters. The largest absolute Gasteiger partial charge is 0.497 e. The summed E-state index contributed by atoms with van der Waals surface area (Å²) in [6, 6.07) is 16.2. The van der Waals surface area contributed by atoms with E-state index >= 15 is 0 Å². The molecule has 35 heavy (non-hydrogen) atoms. The van der Waals surface area contributed by atoms with Crippen molar-refractivity contribution < 1.29 is 14.3 Å². The maximum Gasteiger partial charge on any atom is 0.338 e. The van der Waals surface area contributed by atoms with Crippen LogP contribution in [-0.2, 0) is 0 Å². The Bertz CT molecular complexity index is 1090. The van der Waals surface area contributed by atoms with Gasteiger partial charge < -0.3 is 14.8 Å². The average Bonchev–Trinajstić information content (AvgIpc) is 3.31. The van der Waals surface area contributed by atoms with E-state index in [4.69, 9.17) is 14.6 Å². The third-order valence-corrected chi connectivity index (χ3v) is 7.56. The summed E-state index contributed by atoms with van der Waals surface area (Å²) in [7, 11) is 3.35. The third-order valence-electron chi connectivity index (χ3n) is 7.56. The van der Waals surface area contributed by atoms with Gasteiger partial charge in [0, 0.05) is 12.0 Å². The van der Waals surface area contributed by atoms with Gasteiger partial charge in [-0.05, 0) is 79.1 Å². The Morgan fingerprint density at radius 2 is 1.57 bits per heavy atom. The molecule has 0 unspecified atom stereocenters. The fraction of sp³-hybridized carbons (Fsp3) is 0.448. The topological polar surface area (TPSA) is 63.2 Å². The molecule has 0 bridgehead atoms. The molecule has 2 amide bonds. The second-order valence-electron chi connectivity index (χ2n) is 9.77. The number of ether oxygens (including phenoxy) is 2. The van der Waals surface area contributed by atoms with Gasteiger partial charge in [0.25, 0.3) is 0 Å². The maximum absolute atomic E-state index is 13.5. The first-order chi connectivity index (χ1) is 17.2. The molecule has 0 spiro atoms. The lowest BCUT2D eigenvalue weighted by molar-refractivity contribution is 0.167. The molecule has 3 aliphatic rings. The van der Waals surface area contributed by atoms with Crippen molar-refractivity contribution >= 4 is 17.8 Å². The van der Waals surface area contributed by atoms with Crippen LogP contribution in [-0.4, -0.2) is 37.0 Å². The molecule has 184 valence electrons. The summed E-state index contributed by atoms with van der Waals surface area (Å²) in [4.78, 5) is 13.5. The Kier molecular flexibility index (Phi) is 7.07. The standard InChI is InChI=1S/C29H35N3O3/c1-34-24-15-11-20(12-16-24)19-22-7-6-10-26-27(22)31-32(29(33)30-23-8-4-3-5-9-23)28(26)21-13-17-25(35-2)18-14-21/h11-19,23,26,28H,3-10H2,1-2H3,(H,30,33)/b22-19+/t26-,28-/m1/s1. The van der Waals surface area contributed by atoms with E-state index < -0.39 is 0 Å². The monoisotopic (exact) mass is 473 g/mol. The fourth-order valence-corrected chi connectivity index (χ4v) is 5.69. The van der Waals surface area contributed by atoms with Crippen LogP contribution < -0.4 is 14.8 Å². The van der Waals surface area contributed by atoms with Crippen molar-refractivity contribution in [3.8, 4) is 11.5 Å². The minimum atomic E-state index is -0.112. The average molecular weight is 474 g/mol. The van der Waals surface area contributed by atoms with Crippen LogP contribution in [0.15, 0.2) is 59.2 Å². The molecule has 0 aromatic heterocycles. The molecule has 2 aromatic carbocycles. The van der Waals surface area contributed by atoms with E-state index in [2.05, 4.69) is 35.7 Å². The number of benzene rings is 2. The minimum Gasteiger partial charge on any atom is -0.497 e. The number of methoxy groups -OCH3 is 2. The normalized spacial score (nSPS) is 23.5. The molecular formula is C29H35N3O3. The zero-order chi connectivity index (χ0) is 24.2. The van der Waals surface area contributed by atoms with E-state index in [1.54, 1.807) is 19.2 Å². The lowest BCUT2D eigenvalue weighted by atomic mass is 9.77. The van der Waals surface area contributed by atoms with Gasteiger partial charge in [-0.2, -0.15) is 5.10 Å². The molecule has 1 heterocycles. The van der Waals surface area contributed by atoms with Gasteiger partial charge in [0.05, 0.1) is 26.0 Å². The molecule has 6 heteroatoms. The Morgan fingerprint density at radius 1 is 0.914 bits per heavy atom. The van der Waals surface area contributed by atoms with E-state index in [9.17, 15) is 4.79 Å². The van der Waals surface area contributed by atoms with Crippen LogP contribution in [0.5, 0.6) is 11.5 Å². The van der Waals surface area contributed by atoms with Gasteiger partial charge in [-0.3, -0.25) is 0 Å². The molecule has 2 aromatic rings. The second kappa shape index (κ2) is 10.5. The predicted molar refractivity (Wildman–Crippen MR) is 139 cm³/mol. The zero-order valence-electron chi connectivity index (χ0n) is 20.7. The number of urea groups is 1. The van der Waals surface area contributed by atoms with Gasteiger partial charge in [0.1, 0.15) is 11.5 Å². The van der Waals surface area contributed by atoms with Crippen LogP contribution in [0, 0.1) is 5.92 Å². The molecule has 2 fully saturated rings. The summed E-state index contributed by atoms with van der Waals surface area (Å²) in [5.41, 5.74) is 4.49. The van der Waals surface area contributed by atoms with Gasteiger partial charge in [-0.1, -0.05) is 43.5 Å². The number of allylic oxidation sites excluding steroid dienone is 1. The van der Waals surface area contributed by atoms with Crippen molar-refractivity contribution in [3.05, 3.63) is 65.2 Å². The Morgan fingerprint density at radius 3 is 2.23 bits per heavy atom. The molecule has 0 saturated heterocycles. The number of carbonyl (C=O) groups is 1. The predicted octanol–water partition coefficient (Wildman–Crippen LogP) is 6.34. The maximum atomic E-state index is 13.5. The first-order valence-corrected chi connectivity index (χ1v) is 12.8. The number of amides is 2. The summed E-state index contributed by atoms with van der Waals surface area (Å²) in [5.74, 6) is 1.84. The molecule has 6 nitrogen and oxygen atoms in total. The molecule has 2 saturated carbocycles. The molecule has 5 rings (SSSR count). The van der Waals surface area contributed by atoms with Crippen LogP contribution in [0.3, 0.4) is 0 Å². The highest BCUT2D eigenvalue weighted by Crippen LogP contribution is 2.44. The molecule has 1 aliphatic heterocycles. The highest BCUT2D eigenvalue weighted by atomic mass is 16.5. The Hall–Kier alpha value is -3.28. The van der Waals surface area contributed by atoms with Gasteiger partial charge in [0.2, 0.25) is 0 Å². The van der Waals surface area contributed by atoms with Crippen LogP contribution in [0.2, 0.25) is 0 Å². The number of carbonyl (C=O) groups excluding carboxylic acids is 1. The van der Waals surface area contributed by atoms with Gasteiger partial charge in [-0.15, -0.1) is 0 Å². The van der Waals surface area contributed by atoms with E-state index in [0.717, 1.165) is 60.4 Å². The second-order valence-corrected chi connectivity index (χ2v) is 9.77. The summed E-state index contributed by atoms with van der Waals surface area (Å²) in [6.07, 6.45) is 11.0. The van der Waals surface area contributed by atoms with Gasteiger partial charge in [-0.25, -0.2) is 9.80 Å². The van der Waals surface area contributed by atoms with E-state index in [1.165, 1.54) is 24.8 Å². The van der Waals surface area contributed by atoms with Crippen LogP contribution in [0.25, 0.3) is 6.08 Å². The number of rotatable bonds is 5. The fourth-order valence-electron chi connectivity index (χ4n) is 5.69. The summed E-state index contributed by atoms with van der Waals surface area (Å²) in [6.45, 7) is 0. The number of fused-ring (bicyclic) bond motifs is 1. The third kappa shape index (κ3) is 5.07. The highest BCUT2D eigenvalue weighted by Gasteiger charge is 2.44. The zero-order valence-corrected chi connectivity index (χ0v) is 20.7. The summed E-state index contributed by atoms with van der Waals surface area (Å²) >= 11 is 0. The highest BCUT2D eigenvalue weighted by molar-refractivity contribution is 6.08. The van der Waals surface area contributed by atoms with E-state index in [-0.39, 0.29) is 24.0 Å². The molecule has 0 radical (unpaired) electrons. The van der Waals surface area contributed by atoms with E-state index in [0.29, 0.717) is 0 Å². The van der Waals surface area contributed by atoms with Crippen molar-refractivity contribution in [1.82, 2.24) is 10.3 Å². The lowest BCUT2D eigenvalue weighted by Crippen LogP contribution is -2.44. The van der Waals surface area contributed by atoms with Gasteiger partial charge >= 0.3 is 6.03 Å². The van der Waals surface area contributed by atoms with Gasteiger partial charge in [0.15, 0.2) is 0 Å². The number of nitrogens with zero attached hydrogens (tertiary/aromatic N) is 2. The van der Waals surface area contributed by atoms with Crippen LogP contribution in [0.4, 0.5) is 4.79 Å². The van der Waals surface area contributed by atoms with Crippen molar-refractivity contribution in [2.45, 2.75) is 63.5 Å². The van der Waals surface area contributed by atoms with Crippen molar-refractivity contribution in [3.63, 3.8) is 0 Å². The van der Waals surface area contributed by atoms with Crippen LogP contribution in [0.1, 0.15) is 68.5 Å². The molecule has 2 aliphatic carbocycles. The number of nitrogens with one attached hydrogen (secondary N) is 1. The van der Waals surface area contributed by atoms with Crippen molar-refractivity contribution in [2.24, 2.45) is 11.0 Å². The summed E-state index contributed by atoms with van der Waals surface area (Å²) in [5, 5.41) is 10.0. The van der Waals surface area contributed by atoms with Crippen molar-refractivity contribution in [1.29, 1.82) is 0 Å². The van der Waals surface area contributed by atoms with E-state index in [1.807, 2.05) is 24.3 Å². The minimum absolute atomic E-state index is 0.0802. The Labute approximate surface area is 208 Å². The number of hydrogen-bond donors (Lipinski definition) is 1. The first-order valence-electron chi connectivity index (χ1n) is 12.8. The van der Waals surface area contributed by atoms with Crippen molar-refractivity contribution in [2.75, 3.05) is 14.2 Å².